The maximum absolute atomic E-state index is 4.66. The molecule has 136 valence electrons. The predicted octanol–water partition coefficient (Wildman–Crippen LogP) is 3.30. The molecule has 0 saturated heterocycles. The second kappa shape index (κ2) is 8.69. The minimum atomic E-state index is 0. The number of nitrogens with zero attached hydrogens (tertiary/aromatic N) is 4. The number of rotatable bonds is 4. The smallest absolute Gasteiger partial charge is 0.198 e. The summed E-state index contributed by atoms with van der Waals surface area (Å²) in [6, 6.07) is 8.58. The van der Waals surface area contributed by atoms with Crippen molar-refractivity contribution in [3.05, 3.63) is 46.8 Å². The molecule has 0 radical (unpaired) electrons. The minimum absolute atomic E-state index is 0. The van der Waals surface area contributed by atoms with Gasteiger partial charge in [-0.1, -0.05) is 32.0 Å². The molecule has 6 heteroatoms. The van der Waals surface area contributed by atoms with Gasteiger partial charge < -0.3 is 10.2 Å². The minimum Gasteiger partial charge on any atom is -0.352 e. The summed E-state index contributed by atoms with van der Waals surface area (Å²) in [4.78, 5) is 6.79. The lowest BCUT2D eigenvalue weighted by molar-refractivity contribution is 0.702. The van der Waals surface area contributed by atoms with Crippen LogP contribution >= 0.6 is 24.0 Å². The molecule has 5 nitrogen and oxygen atoms in total. The molecular formula is C19H28IN5. The van der Waals surface area contributed by atoms with E-state index in [1.165, 1.54) is 28.2 Å². The fourth-order valence-corrected chi connectivity index (χ4v) is 3.61. The number of anilines is 1. The summed E-state index contributed by atoms with van der Waals surface area (Å²) in [5, 5.41) is 8.21. The lowest BCUT2D eigenvalue weighted by Crippen LogP contribution is -2.40. The van der Waals surface area contributed by atoms with E-state index in [4.69, 9.17) is 0 Å². The Morgan fingerprint density at radius 3 is 2.68 bits per heavy atom. The van der Waals surface area contributed by atoms with E-state index >= 15 is 0 Å². The van der Waals surface area contributed by atoms with Gasteiger partial charge in [-0.05, 0) is 30.9 Å². The first-order valence-electron chi connectivity index (χ1n) is 8.79. The Morgan fingerprint density at radius 2 is 2.00 bits per heavy atom. The third-order valence-corrected chi connectivity index (χ3v) is 4.81. The summed E-state index contributed by atoms with van der Waals surface area (Å²) < 4.78 is 2.02. The highest BCUT2D eigenvalue weighted by atomic mass is 127. The SMILES string of the molecule is CCc1nn(C)c(CC)c1CNC(=NC)N1CCc2ccccc21.I. The largest absolute Gasteiger partial charge is 0.352 e. The zero-order valence-corrected chi connectivity index (χ0v) is 17.9. The number of aromatic nitrogens is 2. The summed E-state index contributed by atoms with van der Waals surface area (Å²) in [6.45, 7) is 6.10. The summed E-state index contributed by atoms with van der Waals surface area (Å²) >= 11 is 0. The van der Waals surface area contributed by atoms with Crippen LogP contribution in [0.15, 0.2) is 29.3 Å². The van der Waals surface area contributed by atoms with E-state index in [-0.39, 0.29) is 24.0 Å². The summed E-state index contributed by atoms with van der Waals surface area (Å²) in [7, 11) is 3.89. The first-order valence-corrected chi connectivity index (χ1v) is 8.79. The molecule has 0 atom stereocenters. The summed E-state index contributed by atoms with van der Waals surface area (Å²) in [5.74, 6) is 0.938. The Morgan fingerprint density at radius 1 is 1.24 bits per heavy atom. The highest BCUT2D eigenvalue weighted by Gasteiger charge is 2.23. The van der Waals surface area contributed by atoms with Crippen molar-refractivity contribution < 1.29 is 0 Å². The van der Waals surface area contributed by atoms with Crippen molar-refractivity contribution in [2.75, 3.05) is 18.5 Å². The van der Waals surface area contributed by atoms with E-state index in [1.54, 1.807) is 0 Å². The molecule has 1 aromatic carbocycles. The molecule has 2 aromatic rings. The van der Waals surface area contributed by atoms with Gasteiger partial charge in [0.25, 0.3) is 0 Å². The Labute approximate surface area is 167 Å². The molecular weight excluding hydrogens is 425 g/mol. The molecule has 1 N–H and O–H groups in total. The zero-order valence-electron chi connectivity index (χ0n) is 15.5. The number of hydrogen-bond acceptors (Lipinski definition) is 2. The van der Waals surface area contributed by atoms with Crippen LogP contribution < -0.4 is 10.2 Å². The number of aryl methyl sites for hydroxylation is 2. The van der Waals surface area contributed by atoms with Crippen molar-refractivity contribution in [1.29, 1.82) is 0 Å². The Bertz CT molecular complexity index is 750. The third kappa shape index (κ3) is 3.83. The molecule has 3 rings (SSSR count). The fraction of sp³-hybridized carbons (Fsp3) is 0.474. The maximum Gasteiger partial charge on any atom is 0.198 e. The molecule has 0 bridgehead atoms. The number of halogens is 1. The number of nitrogens with one attached hydrogen (secondary N) is 1. The lowest BCUT2D eigenvalue weighted by atomic mass is 10.1. The topological polar surface area (TPSA) is 45.5 Å². The molecule has 1 aromatic heterocycles. The molecule has 0 spiro atoms. The van der Waals surface area contributed by atoms with E-state index in [0.717, 1.165) is 38.3 Å². The second-order valence-corrected chi connectivity index (χ2v) is 6.13. The molecule has 2 heterocycles. The Balaban J connectivity index is 0.00000225. The highest BCUT2D eigenvalue weighted by molar-refractivity contribution is 14.0. The van der Waals surface area contributed by atoms with Crippen molar-refractivity contribution >= 4 is 35.6 Å². The molecule has 1 aliphatic heterocycles. The number of benzene rings is 1. The lowest BCUT2D eigenvalue weighted by Gasteiger charge is -2.22. The fourth-order valence-electron chi connectivity index (χ4n) is 3.61. The van der Waals surface area contributed by atoms with E-state index in [0.29, 0.717) is 0 Å². The van der Waals surface area contributed by atoms with Crippen LogP contribution in [0, 0.1) is 0 Å². The van der Waals surface area contributed by atoms with E-state index < -0.39 is 0 Å². The molecule has 0 fully saturated rings. The second-order valence-electron chi connectivity index (χ2n) is 6.13. The van der Waals surface area contributed by atoms with E-state index in [2.05, 4.69) is 58.4 Å². The van der Waals surface area contributed by atoms with Gasteiger partial charge in [-0.25, -0.2) is 0 Å². The first kappa shape index (κ1) is 19.8. The third-order valence-electron chi connectivity index (χ3n) is 4.81. The summed E-state index contributed by atoms with van der Waals surface area (Å²) in [6.07, 6.45) is 3.02. The van der Waals surface area contributed by atoms with Crippen molar-refractivity contribution in [3.63, 3.8) is 0 Å². The quantitative estimate of drug-likeness (QED) is 0.439. The summed E-state index contributed by atoms with van der Waals surface area (Å²) in [5.41, 5.74) is 6.46. The van der Waals surface area contributed by atoms with E-state index in [9.17, 15) is 0 Å². The van der Waals surface area contributed by atoms with Crippen molar-refractivity contribution in [3.8, 4) is 0 Å². The van der Waals surface area contributed by atoms with Gasteiger partial charge in [-0.3, -0.25) is 9.67 Å². The van der Waals surface area contributed by atoms with Crippen LogP contribution in [0.3, 0.4) is 0 Å². The monoisotopic (exact) mass is 453 g/mol. The molecule has 0 amide bonds. The number of para-hydroxylation sites is 1. The van der Waals surface area contributed by atoms with Crippen LogP contribution in [0.4, 0.5) is 5.69 Å². The Hall–Kier alpha value is -1.57. The van der Waals surface area contributed by atoms with Gasteiger partial charge in [0.15, 0.2) is 5.96 Å². The molecule has 0 unspecified atom stereocenters. The van der Waals surface area contributed by atoms with Crippen LogP contribution in [-0.2, 0) is 32.9 Å². The van der Waals surface area contributed by atoms with Crippen LogP contribution in [0.2, 0.25) is 0 Å². The van der Waals surface area contributed by atoms with Crippen LogP contribution in [0.25, 0.3) is 0 Å². The normalized spacial score (nSPS) is 13.6. The van der Waals surface area contributed by atoms with Crippen LogP contribution in [0.5, 0.6) is 0 Å². The average molecular weight is 453 g/mol. The van der Waals surface area contributed by atoms with Crippen molar-refractivity contribution in [2.24, 2.45) is 12.0 Å². The molecule has 25 heavy (non-hydrogen) atoms. The predicted molar refractivity (Wildman–Crippen MR) is 115 cm³/mol. The van der Waals surface area contributed by atoms with Gasteiger partial charge in [-0.2, -0.15) is 5.10 Å². The number of aliphatic imine (C=N–C) groups is 1. The van der Waals surface area contributed by atoms with Crippen LogP contribution in [-0.4, -0.2) is 29.3 Å². The van der Waals surface area contributed by atoms with Crippen LogP contribution in [0.1, 0.15) is 36.4 Å². The van der Waals surface area contributed by atoms with Gasteiger partial charge >= 0.3 is 0 Å². The molecule has 1 aliphatic rings. The van der Waals surface area contributed by atoms with Gasteiger partial charge in [-0.15, -0.1) is 24.0 Å². The van der Waals surface area contributed by atoms with Gasteiger partial charge in [0.05, 0.1) is 5.69 Å². The van der Waals surface area contributed by atoms with Crippen molar-refractivity contribution in [1.82, 2.24) is 15.1 Å². The molecule has 0 saturated carbocycles. The number of guanidine groups is 1. The van der Waals surface area contributed by atoms with E-state index in [1.807, 2.05) is 18.8 Å². The number of hydrogen-bond donors (Lipinski definition) is 1. The standard InChI is InChI=1S/C19H27N5.HI/c1-5-16-15(17(6-2)23(4)22-16)13-21-19(20-3)24-12-11-14-9-7-8-10-18(14)24;/h7-10H,5-6,11-13H2,1-4H3,(H,20,21);1H. The maximum atomic E-state index is 4.66. The average Bonchev–Trinajstić information content (AvgIpc) is 3.16. The zero-order chi connectivity index (χ0) is 17.1. The highest BCUT2D eigenvalue weighted by Crippen LogP contribution is 2.27. The van der Waals surface area contributed by atoms with Crippen molar-refractivity contribution in [2.45, 2.75) is 39.7 Å². The van der Waals surface area contributed by atoms with Gasteiger partial charge in [0, 0.05) is 44.1 Å². The number of fused-ring (bicyclic) bond motifs is 1. The Kier molecular flexibility index (Phi) is 6.87. The first-order chi connectivity index (χ1) is 11.7. The van der Waals surface area contributed by atoms with Gasteiger partial charge in [0.1, 0.15) is 0 Å². The van der Waals surface area contributed by atoms with Gasteiger partial charge in [0.2, 0.25) is 0 Å². The molecule has 0 aliphatic carbocycles.